The van der Waals surface area contributed by atoms with Gasteiger partial charge < -0.3 is 9.80 Å². The van der Waals surface area contributed by atoms with E-state index in [-0.39, 0.29) is 5.41 Å². The summed E-state index contributed by atoms with van der Waals surface area (Å²) in [5, 5.41) is 10.6. The van der Waals surface area contributed by atoms with E-state index in [4.69, 9.17) is 4.98 Å². The van der Waals surface area contributed by atoms with Crippen LogP contribution >= 0.6 is 0 Å². The van der Waals surface area contributed by atoms with Crippen LogP contribution in [0.1, 0.15) is 37.5 Å². The monoisotopic (exact) mass is 632 g/mol. The maximum absolute atomic E-state index is 9.50. The third kappa shape index (κ3) is 5.21. The van der Waals surface area contributed by atoms with Gasteiger partial charge in [-0.2, -0.15) is 5.26 Å². The number of benzene rings is 6. The third-order valence-electron chi connectivity index (χ3n) is 9.50. The zero-order valence-electron chi connectivity index (χ0n) is 28.1. The summed E-state index contributed by atoms with van der Waals surface area (Å²) in [7, 11) is 0. The van der Waals surface area contributed by atoms with E-state index in [1.54, 1.807) is 0 Å². The van der Waals surface area contributed by atoms with Gasteiger partial charge >= 0.3 is 0 Å². The number of hydrogen-bond donors (Lipinski definition) is 0. The highest BCUT2D eigenvalue weighted by atomic mass is 15.3. The highest BCUT2D eigenvalue weighted by molar-refractivity contribution is 6.10. The Hall–Kier alpha value is -6.18. The molecule has 0 bridgehead atoms. The fourth-order valence-corrected chi connectivity index (χ4v) is 6.98. The number of aryl methyl sites for hydroxylation is 1. The van der Waals surface area contributed by atoms with Crippen molar-refractivity contribution in [2.45, 2.75) is 33.1 Å². The number of hydrogen-bond acceptors (Lipinski definition) is 4. The van der Waals surface area contributed by atoms with E-state index < -0.39 is 0 Å². The number of nitrogens with zero attached hydrogens (tertiary/aromatic N) is 4. The molecule has 0 atom stereocenters. The quantitative estimate of drug-likeness (QED) is 0.194. The molecular weight excluding hydrogens is 597 g/mol. The molecule has 0 aliphatic carbocycles. The van der Waals surface area contributed by atoms with Gasteiger partial charge in [0.2, 0.25) is 0 Å². The molecule has 0 fully saturated rings. The van der Waals surface area contributed by atoms with Crippen LogP contribution in [0.2, 0.25) is 0 Å². The molecule has 236 valence electrons. The average molecular weight is 633 g/mol. The molecule has 2 heterocycles. The number of pyridine rings is 1. The van der Waals surface area contributed by atoms with E-state index in [1.807, 2.05) is 24.3 Å². The molecule has 49 heavy (non-hydrogen) atoms. The highest BCUT2D eigenvalue weighted by Crippen LogP contribution is 2.55. The molecule has 7 aromatic rings. The zero-order valence-corrected chi connectivity index (χ0v) is 28.1. The van der Waals surface area contributed by atoms with E-state index >= 15 is 0 Å². The van der Waals surface area contributed by atoms with Crippen molar-refractivity contribution in [2.24, 2.45) is 0 Å². The Morgan fingerprint density at radius 1 is 0.571 bits per heavy atom. The molecule has 1 aromatic heterocycles. The van der Waals surface area contributed by atoms with Crippen molar-refractivity contribution in [1.82, 2.24) is 4.98 Å². The van der Waals surface area contributed by atoms with Gasteiger partial charge in [-0.3, -0.25) is 0 Å². The number of fused-ring (bicyclic) bond motifs is 3. The first kappa shape index (κ1) is 30.2. The van der Waals surface area contributed by atoms with E-state index in [0.29, 0.717) is 5.56 Å². The van der Waals surface area contributed by atoms with Gasteiger partial charge in [-0.15, -0.1) is 0 Å². The van der Waals surface area contributed by atoms with Gasteiger partial charge in [-0.05, 0) is 95.3 Å². The summed E-state index contributed by atoms with van der Waals surface area (Å²) in [5.41, 5.74) is 14.7. The van der Waals surface area contributed by atoms with Crippen LogP contribution in [-0.4, -0.2) is 4.98 Å². The summed E-state index contributed by atoms with van der Waals surface area (Å²) >= 11 is 0. The van der Waals surface area contributed by atoms with Gasteiger partial charge in [-0.25, -0.2) is 4.98 Å². The molecule has 0 spiro atoms. The van der Waals surface area contributed by atoms with E-state index in [2.05, 4.69) is 165 Å². The summed E-state index contributed by atoms with van der Waals surface area (Å²) in [5.74, 6) is 0. The summed E-state index contributed by atoms with van der Waals surface area (Å²) in [4.78, 5) is 10.2. The highest BCUT2D eigenvalue weighted by Gasteiger charge is 2.31. The van der Waals surface area contributed by atoms with Crippen molar-refractivity contribution >= 4 is 45.0 Å². The van der Waals surface area contributed by atoms with Gasteiger partial charge in [0.15, 0.2) is 0 Å². The Labute approximate surface area is 288 Å². The summed E-state index contributed by atoms with van der Waals surface area (Å²) in [6.07, 6.45) is 0. The molecular formula is C45H36N4. The summed E-state index contributed by atoms with van der Waals surface area (Å²) in [6, 6.07) is 53.4. The van der Waals surface area contributed by atoms with Crippen molar-refractivity contribution in [3.05, 3.63) is 162 Å². The van der Waals surface area contributed by atoms with Crippen molar-refractivity contribution < 1.29 is 0 Å². The van der Waals surface area contributed by atoms with Crippen molar-refractivity contribution in [3.63, 3.8) is 0 Å². The van der Waals surface area contributed by atoms with Crippen LogP contribution in [-0.2, 0) is 5.41 Å². The topological polar surface area (TPSA) is 43.2 Å². The van der Waals surface area contributed by atoms with Crippen LogP contribution < -0.4 is 9.80 Å². The molecule has 4 nitrogen and oxygen atoms in total. The lowest BCUT2D eigenvalue weighted by Gasteiger charge is -2.40. The molecule has 6 aromatic carbocycles. The largest absolute Gasteiger partial charge is 0.306 e. The van der Waals surface area contributed by atoms with Gasteiger partial charge in [0, 0.05) is 16.6 Å². The predicted octanol–water partition coefficient (Wildman–Crippen LogP) is 12.3. The van der Waals surface area contributed by atoms with Crippen LogP contribution in [0.25, 0.3) is 33.3 Å². The number of nitriles is 1. The number of anilines is 6. The first-order valence-electron chi connectivity index (χ1n) is 16.7. The van der Waals surface area contributed by atoms with Crippen LogP contribution in [0.5, 0.6) is 0 Å². The number of aromatic nitrogens is 1. The second-order valence-corrected chi connectivity index (χ2v) is 13.7. The van der Waals surface area contributed by atoms with Crippen molar-refractivity contribution in [1.29, 1.82) is 5.26 Å². The zero-order chi connectivity index (χ0) is 33.7. The molecule has 0 saturated heterocycles. The Kier molecular flexibility index (Phi) is 7.27. The number of para-hydroxylation sites is 5. The molecule has 0 N–H and O–H groups in total. The first-order chi connectivity index (χ1) is 23.8. The van der Waals surface area contributed by atoms with Crippen molar-refractivity contribution in [2.75, 3.05) is 9.80 Å². The lowest BCUT2D eigenvalue weighted by Crippen LogP contribution is -2.24. The Morgan fingerprint density at radius 2 is 1.12 bits per heavy atom. The molecule has 4 heteroatoms. The summed E-state index contributed by atoms with van der Waals surface area (Å²) in [6.45, 7) is 8.92. The maximum atomic E-state index is 9.50. The molecule has 0 radical (unpaired) electrons. The second-order valence-electron chi connectivity index (χ2n) is 13.7. The minimum atomic E-state index is 0.0538. The van der Waals surface area contributed by atoms with Gasteiger partial charge in [-0.1, -0.05) is 106 Å². The summed E-state index contributed by atoms with van der Waals surface area (Å²) < 4.78 is 0. The fraction of sp³-hybridized carbons (Fsp3) is 0.111. The van der Waals surface area contributed by atoms with E-state index in [9.17, 15) is 5.26 Å². The SMILES string of the molecule is Cc1ccc(N2c3ccccc3N(c3ccccc3)c3ccccc32)c2nc(-c3ccc(C#N)cc3)cc(-c3ccc(C(C)(C)C)cc3)c12. The van der Waals surface area contributed by atoms with Crippen LogP contribution in [0.4, 0.5) is 34.1 Å². The Balaban J connectivity index is 1.42. The molecule has 0 saturated carbocycles. The predicted molar refractivity (Wildman–Crippen MR) is 204 cm³/mol. The fourth-order valence-electron chi connectivity index (χ4n) is 6.98. The van der Waals surface area contributed by atoms with E-state index in [0.717, 1.165) is 73.0 Å². The minimum absolute atomic E-state index is 0.0538. The van der Waals surface area contributed by atoms with E-state index in [1.165, 1.54) is 5.56 Å². The lowest BCUT2D eigenvalue weighted by molar-refractivity contribution is 0.590. The first-order valence-corrected chi connectivity index (χ1v) is 16.7. The van der Waals surface area contributed by atoms with Gasteiger partial charge in [0.1, 0.15) is 0 Å². The standard InChI is InChI=1S/C45H36N4/c1-30-18-27-42(49-40-16-10-8-14-38(40)48(35-12-6-5-7-13-35)39-15-9-11-17-41(39)49)44-43(30)36(32-23-25-34(26-24-32)45(2,3)4)28-37(47-44)33-21-19-31(29-46)20-22-33/h5-28H,1-4H3. The normalized spacial score (nSPS) is 12.4. The van der Waals surface area contributed by atoms with Gasteiger partial charge in [0.05, 0.1) is 51.3 Å². The van der Waals surface area contributed by atoms with Crippen molar-refractivity contribution in [3.8, 4) is 28.5 Å². The lowest BCUT2D eigenvalue weighted by atomic mass is 9.85. The molecule has 1 aliphatic rings. The molecule has 8 rings (SSSR count). The number of rotatable bonds is 4. The van der Waals surface area contributed by atoms with Crippen LogP contribution in [0, 0.1) is 18.3 Å². The Bertz CT molecular complexity index is 2330. The van der Waals surface area contributed by atoms with Crippen LogP contribution in [0.3, 0.4) is 0 Å². The van der Waals surface area contributed by atoms with Gasteiger partial charge in [0.25, 0.3) is 0 Å². The molecule has 0 amide bonds. The Morgan fingerprint density at radius 3 is 1.69 bits per heavy atom. The average Bonchev–Trinajstić information content (AvgIpc) is 3.14. The smallest absolute Gasteiger partial charge is 0.0991 e. The molecule has 0 unspecified atom stereocenters. The molecule has 1 aliphatic heterocycles. The third-order valence-corrected chi connectivity index (χ3v) is 9.50. The van der Waals surface area contributed by atoms with Crippen LogP contribution in [0.15, 0.2) is 146 Å². The maximum Gasteiger partial charge on any atom is 0.0991 e. The minimum Gasteiger partial charge on any atom is -0.306 e. The second kappa shape index (κ2) is 11.8.